The molecular weight excluding hydrogens is 636 g/mol. The Bertz CT molecular complexity index is 1690. The van der Waals surface area contributed by atoms with Gasteiger partial charge >= 0.3 is 6.03 Å². The number of rotatable bonds is 12. The molecule has 8 heteroatoms. The average Bonchev–Trinajstić information content (AvgIpc) is 3.87. The summed E-state index contributed by atoms with van der Waals surface area (Å²) in [6.07, 6.45) is 4.49. The molecule has 3 saturated heterocycles. The van der Waals surface area contributed by atoms with E-state index in [1.54, 1.807) is 0 Å². The van der Waals surface area contributed by atoms with Crippen molar-refractivity contribution >= 4 is 6.03 Å². The van der Waals surface area contributed by atoms with Gasteiger partial charge in [0.05, 0.1) is 18.8 Å². The molecule has 0 aliphatic carbocycles. The molecule has 0 aromatic heterocycles. The molecule has 0 bridgehead atoms. The number of aliphatic hydroxyl groups is 1. The van der Waals surface area contributed by atoms with Crippen molar-refractivity contribution in [1.82, 2.24) is 20.4 Å². The zero-order chi connectivity index (χ0) is 35.0. The molecule has 0 spiro atoms. The van der Waals surface area contributed by atoms with Crippen molar-refractivity contribution in [1.29, 1.82) is 0 Å². The Hall–Kier alpha value is -4.05. The van der Waals surface area contributed by atoms with Crippen LogP contribution in [0.15, 0.2) is 103 Å². The number of amides is 2. The Morgan fingerprint density at radius 1 is 0.745 bits per heavy atom. The number of likely N-dealkylation sites (tertiary alicyclic amines) is 2. The van der Waals surface area contributed by atoms with Crippen molar-refractivity contribution < 1.29 is 19.4 Å². The van der Waals surface area contributed by atoms with Crippen LogP contribution in [0.25, 0.3) is 11.1 Å². The number of hydrogen-bond acceptors (Lipinski definition) is 6. The highest BCUT2D eigenvalue weighted by Crippen LogP contribution is 2.42. The molecule has 51 heavy (non-hydrogen) atoms. The van der Waals surface area contributed by atoms with Gasteiger partial charge in [0.25, 0.3) is 0 Å². The number of carbonyl (C=O) groups excluding carboxylic acids is 1. The topological polar surface area (TPSA) is 86.3 Å². The van der Waals surface area contributed by atoms with Gasteiger partial charge in [-0.2, -0.15) is 0 Å². The minimum absolute atomic E-state index is 0.00459. The first-order valence-electron chi connectivity index (χ1n) is 18.7. The number of urea groups is 1. The van der Waals surface area contributed by atoms with Crippen LogP contribution in [0.1, 0.15) is 72.8 Å². The predicted octanol–water partition coefficient (Wildman–Crippen LogP) is 7.20. The van der Waals surface area contributed by atoms with Gasteiger partial charge in [-0.1, -0.05) is 110 Å². The first kappa shape index (κ1) is 35.4. The largest absolute Gasteiger partial charge is 0.392 e. The predicted molar refractivity (Wildman–Crippen MR) is 201 cm³/mol. The van der Waals surface area contributed by atoms with Gasteiger partial charge in [-0.15, -0.1) is 0 Å². The van der Waals surface area contributed by atoms with Crippen LogP contribution in [0.2, 0.25) is 0 Å². The van der Waals surface area contributed by atoms with Crippen molar-refractivity contribution in [2.75, 3.05) is 32.7 Å². The molecule has 3 heterocycles. The molecule has 0 saturated carbocycles. The van der Waals surface area contributed by atoms with Crippen LogP contribution in [0.5, 0.6) is 0 Å². The second-order valence-electron chi connectivity index (χ2n) is 14.4. The smallest absolute Gasteiger partial charge is 0.315 e. The molecule has 3 fully saturated rings. The van der Waals surface area contributed by atoms with Gasteiger partial charge in [-0.25, -0.2) is 4.79 Å². The zero-order valence-electron chi connectivity index (χ0n) is 29.8. The summed E-state index contributed by atoms with van der Waals surface area (Å²) < 4.78 is 13.7. The molecule has 8 nitrogen and oxygen atoms in total. The fraction of sp³-hybridized carbons (Fsp3) is 0.419. The van der Waals surface area contributed by atoms with Crippen LogP contribution in [0.3, 0.4) is 0 Å². The minimum Gasteiger partial charge on any atom is -0.392 e. The molecule has 3 aliphatic rings. The van der Waals surface area contributed by atoms with E-state index in [4.69, 9.17) is 9.47 Å². The lowest BCUT2D eigenvalue weighted by molar-refractivity contribution is -0.276. The number of carbonyl (C=O) groups is 1. The van der Waals surface area contributed by atoms with Gasteiger partial charge in [0.2, 0.25) is 0 Å². The summed E-state index contributed by atoms with van der Waals surface area (Å²) in [4.78, 5) is 17.9. The number of hydrogen-bond donors (Lipinski definition) is 3. The maximum Gasteiger partial charge on any atom is 0.315 e. The second-order valence-corrected chi connectivity index (χ2v) is 14.4. The molecule has 3 N–H and O–H groups in total. The van der Waals surface area contributed by atoms with Crippen molar-refractivity contribution in [3.05, 3.63) is 131 Å². The third-order valence-electron chi connectivity index (χ3n) is 11.0. The average molecular weight is 689 g/mol. The van der Waals surface area contributed by atoms with E-state index in [0.29, 0.717) is 19.1 Å². The number of ether oxygens (including phenoxy) is 2. The van der Waals surface area contributed by atoms with E-state index < -0.39 is 6.29 Å². The Labute approximate surface area is 302 Å². The molecule has 3 aliphatic heterocycles. The maximum absolute atomic E-state index is 12.6. The summed E-state index contributed by atoms with van der Waals surface area (Å²) in [5.74, 6) is 0.151. The summed E-state index contributed by atoms with van der Waals surface area (Å²) in [6, 6.07) is 35.1. The lowest BCUT2D eigenvalue weighted by Crippen LogP contribution is -2.48. The Balaban J connectivity index is 1.05. The zero-order valence-corrected chi connectivity index (χ0v) is 29.8. The highest BCUT2D eigenvalue weighted by atomic mass is 16.7. The van der Waals surface area contributed by atoms with Gasteiger partial charge in [0, 0.05) is 43.7 Å². The van der Waals surface area contributed by atoms with Gasteiger partial charge in [-0.05, 0) is 78.7 Å². The van der Waals surface area contributed by atoms with E-state index in [2.05, 4.69) is 75.9 Å². The molecular formula is C43H52N4O4. The fourth-order valence-corrected chi connectivity index (χ4v) is 7.96. The first-order chi connectivity index (χ1) is 25.0. The minimum atomic E-state index is -0.507. The normalized spacial score (nSPS) is 24.1. The molecule has 5 atom stereocenters. The van der Waals surface area contributed by atoms with Crippen LogP contribution in [0, 0.1) is 5.92 Å². The third-order valence-corrected chi connectivity index (χ3v) is 11.0. The molecule has 268 valence electrons. The van der Waals surface area contributed by atoms with E-state index in [0.717, 1.165) is 58.6 Å². The van der Waals surface area contributed by atoms with Crippen LogP contribution in [-0.2, 0) is 29.2 Å². The van der Waals surface area contributed by atoms with Gasteiger partial charge in [0.1, 0.15) is 0 Å². The highest BCUT2D eigenvalue weighted by Gasteiger charge is 2.41. The first-order valence-corrected chi connectivity index (χ1v) is 18.7. The van der Waals surface area contributed by atoms with Crippen LogP contribution in [-0.4, -0.2) is 65.8 Å². The second kappa shape index (κ2) is 17.0. The quantitative estimate of drug-likeness (QED) is 0.146. The SMILES string of the molecule is CC1C(CN2CCCC2CN2CCCC2)OC(c2ccc(-c3ccccc3CNC(=O)NCc3ccccc3)cc2)OC1c1ccc(CO)cc1. The van der Waals surface area contributed by atoms with Crippen molar-refractivity contribution in [3.63, 3.8) is 0 Å². The van der Waals surface area contributed by atoms with Crippen LogP contribution >= 0.6 is 0 Å². The number of nitrogens with zero attached hydrogens (tertiary/aromatic N) is 2. The number of benzene rings is 4. The molecule has 4 aromatic rings. The van der Waals surface area contributed by atoms with E-state index in [-0.39, 0.29) is 30.8 Å². The van der Waals surface area contributed by atoms with Gasteiger partial charge < -0.3 is 30.1 Å². The lowest BCUT2D eigenvalue weighted by Gasteiger charge is -2.43. The van der Waals surface area contributed by atoms with Gasteiger partial charge in [-0.3, -0.25) is 4.90 Å². The maximum atomic E-state index is 12.6. The summed E-state index contributed by atoms with van der Waals surface area (Å²) in [5.41, 5.74) is 7.23. The molecule has 2 amide bonds. The van der Waals surface area contributed by atoms with Crippen molar-refractivity contribution in [2.45, 2.75) is 76.8 Å². The summed E-state index contributed by atoms with van der Waals surface area (Å²) >= 11 is 0. The number of aliphatic hydroxyl groups excluding tert-OH is 1. The van der Waals surface area contributed by atoms with E-state index in [1.165, 1.54) is 38.8 Å². The lowest BCUT2D eigenvalue weighted by atomic mass is 9.89. The molecule has 0 radical (unpaired) electrons. The Morgan fingerprint density at radius 3 is 2.22 bits per heavy atom. The van der Waals surface area contributed by atoms with Crippen LogP contribution < -0.4 is 10.6 Å². The summed E-state index contributed by atoms with van der Waals surface area (Å²) in [7, 11) is 0. The van der Waals surface area contributed by atoms with Crippen molar-refractivity contribution in [3.8, 4) is 11.1 Å². The highest BCUT2D eigenvalue weighted by molar-refractivity contribution is 5.75. The van der Waals surface area contributed by atoms with E-state index in [1.807, 2.05) is 54.6 Å². The summed E-state index contributed by atoms with van der Waals surface area (Å²) in [6.45, 7) is 8.79. The Morgan fingerprint density at radius 2 is 1.45 bits per heavy atom. The number of nitrogens with one attached hydrogen (secondary N) is 2. The fourth-order valence-electron chi connectivity index (χ4n) is 7.96. The van der Waals surface area contributed by atoms with Crippen LogP contribution in [0.4, 0.5) is 4.79 Å². The van der Waals surface area contributed by atoms with Crippen molar-refractivity contribution in [2.24, 2.45) is 5.92 Å². The van der Waals surface area contributed by atoms with E-state index >= 15 is 0 Å². The summed E-state index contributed by atoms with van der Waals surface area (Å²) in [5, 5.41) is 15.6. The molecule has 4 aromatic carbocycles. The standard InChI is InChI=1S/C43H52N4O4/c1-31-40(29-47-25-9-13-38(47)28-46-23-7-8-24-46)50-42(51-41(31)35-17-15-33(30-48)16-18-35)36-21-19-34(20-22-36)39-14-6-5-12-37(39)27-45-43(49)44-26-32-10-3-2-4-11-32/h2-6,10-12,14-22,31,38,40-42,48H,7-9,13,23-30H2,1H3,(H2,44,45,49). The Kier molecular flexibility index (Phi) is 11.8. The van der Waals surface area contributed by atoms with Gasteiger partial charge in [0.15, 0.2) is 6.29 Å². The molecule has 7 rings (SSSR count). The molecule has 5 unspecified atom stereocenters. The third kappa shape index (κ3) is 8.88. The van der Waals surface area contributed by atoms with E-state index in [9.17, 15) is 9.90 Å². The monoisotopic (exact) mass is 688 g/mol.